The van der Waals surface area contributed by atoms with Gasteiger partial charge in [0.05, 0.1) is 11.9 Å². The fourth-order valence-corrected chi connectivity index (χ4v) is 1.97. The first kappa shape index (κ1) is 19.4. The first-order chi connectivity index (χ1) is 12.2. The van der Waals surface area contributed by atoms with E-state index in [2.05, 4.69) is 20.9 Å². The zero-order valence-electron chi connectivity index (χ0n) is 15.0. The van der Waals surface area contributed by atoms with Gasteiger partial charge >= 0.3 is 6.09 Å². The predicted octanol–water partition coefficient (Wildman–Crippen LogP) is 2.05. The molecule has 1 heterocycles. The molecule has 1 aromatic heterocycles. The van der Waals surface area contributed by atoms with E-state index in [1.807, 2.05) is 0 Å². The minimum absolute atomic E-state index is 0.148. The van der Waals surface area contributed by atoms with Gasteiger partial charge in [-0.2, -0.15) is 0 Å². The smallest absolute Gasteiger partial charge is 0.407 e. The van der Waals surface area contributed by atoms with Crippen molar-refractivity contribution in [2.45, 2.75) is 32.8 Å². The number of ether oxygens (including phenoxy) is 1. The largest absolute Gasteiger partial charge is 0.444 e. The van der Waals surface area contributed by atoms with Crippen LogP contribution in [-0.2, 0) is 4.74 Å². The highest BCUT2D eigenvalue weighted by Gasteiger charge is 2.15. The number of nitrogens with zero attached hydrogens (tertiary/aromatic N) is 3. The number of halogens is 1. The van der Waals surface area contributed by atoms with Gasteiger partial charge in [0.25, 0.3) is 5.91 Å². The molecular formula is C17H22FN5O3. The minimum Gasteiger partial charge on any atom is -0.444 e. The van der Waals surface area contributed by atoms with Gasteiger partial charge in [0.2, 0.25) is 0 Å². The van der Waals surface area contributed by atoms with Gasteiger partial charge < -0.3 is 15.4 Å². The molecule has 0 spiro atoms. The van der Waals surface area contributed by atoms with Crippen LogP contribution in [-0.4, -0.2) is 45.7 Å². The van der Waals surface area contributed by atoms with Crippen molar-refractivity contribution in [3.63, 3.8) is 0 Å². The Morgan fingerprint density at radius 3 is 2.46 bits per heavy atom. The third-order valence-corrected chi connectivity index (χ3v) is 3.12. The fraction of sp³-hybridized carbons (Fsp3) is 0.412. The molecule has 0 saturated carbocycles. The minimum atomic E-state index is -0.547. The van der Waals surface area contributed by atoms with Gasteiger partial charge in [-0.15, -0.1) is 5.10 Å². The quantitative estimate of drug-likeness (QED) is 0.766. The molecule has 0 saturated heterocycles. The number of hydrogen-bond acceptors (Lipinski definition) is 5. The molecule has 0 aliphatic heterocycles. The Balaban J connectivity index is 1.73. The second-order valence-corrected chi connectivity index (χ2v) is 6.56. The van der Waals surface area contributed by atoms with Crippen LogP contribution >= 0.6 is 0 Å². The topological polar surface area (TPSA) is 98.1 Å². The number of benzene rings is 1. The van der Waals surface area contributed by atoms with Crippen LogP contribution in [0.2, 0.25) is 0 Å². The SMILES string of the molecule is CC(C)(C)OC(=O)NCCCNC(=O)c1cn(-c2ccc(F)cc2)nn1. The molecule has 1 aromatic carbocycles. The lowest BCUT2D eigenvalue weighted by molar-refractivity contribution is 0.0527. The van der Waals surface area contributed by atoms with E-state index < -0.39 is 11.7 Å². The van der Waals surface area contributed by atoms with E-state index in [4.69, 9.17) is 4.74 Å². The molecule has 0 bridgehead atoms. The maximum Gasteiger partial charge on any atom is 0.407 e. The summed E-state index contributed by atoms with van der Waals surface area (Å²) < 4.78 is 19.4. The fourth-order valence-electron chi connectivity index (χ4n) is 1.97. The molecule has 0 aliphatic rings. The lowest BCUT2D eigenvalue weighted by Gasteiger charge is -2.19. The van der Waals surface area contributed by atoms with Crippen molar-refractivity contribution in [2.24, 2.45) is 0 Å². The van der Waals surface area contributed by atoms with Crippen molar-refractivity contribution in [1.82, 2.24) is 25.6 Å². The summed E-state index contributed by atoms with van der Waals surface area (Å²) in [5.41, 5.74) is 0.197. The summed E-state index contributed by atoms with van der Waals surface area (Å²) in [5.74, 6) is -0.734. The highest BCUT2D eigenvalue weighted by Crippen LogP contribution is 2.08. The van der Waals surface area contributed by atoms with Gasteiger partial charge in [0.1, 0.15) is 11.4 Å². The average molecular weight is 363 g/mol. The van der Waals surface area contributed by atoms with E-state index in [1.165, 1.54) is 35.1 Å². The molecular weight excluding hydrogens is 341 g/mol. The Hall–Kier alpha value is -2.97. The van der Waals surface area contributed by atoms with E-state index in [0.29, 0.717) is 25.2 Å². The third-order valence-electron chi connectivity index (χ3n) is 3.12. The molecule has 2 amide bonds. The number of amides is 2. The first-order valence-corrected chi connectivity index (χ1v) is 8.18. The van der Waals surface area contributed by atoms with Gasteiger partial charge in [0.15, 0.2) is 5.69 Å². The zero-order valence-corrected chi connectivity index (χ0v) is 15.0. The monoisotopic (exact) mass is 363 g/mol. The molecule has 2 N–H and O–H groups in total. The van der Waals surface area contributed by atoms with Crippen LogP contribution in [0.5, 0.6) is 0 Å². The summed E-state index contributed by atoms with van der Waals surface area (Å²) in [6.45, 7) is 6.08. The van der Waals surface area contributed by atoms with Gasteiger partial charge in [0, 0.05) is 13.1 Å². The number of nitrogens with one attached hydrogen (secondary N) is 2. The standard InChI is InChI=1S/C17H22FN5O3/c1-17(2,3)26-16(25)20-10-4-9-19-15(24)14-11-23(22-21-14)13-7-5-12(18)6-8-13/h5-8,11H,4,9-10H2,1-3H3,(H,19,24)(H,20,25). The molecule has 140 valence electrons. The van der Waals surface area contributed by atoms with Crippen molar-refractivity contribution in [3.8, 4) is 5.69 Å². The molecule has 0 aliphatic carbocycles. The van der Waals surface area contributed by atoms with E-state index >= 15 is 0 Å². The van der Waals surface area contributed by atoms with Crippen LogP contribution in [0.1, 0.15) is 37.7 Å². The molecule has 0 radical (unpaired) electrons. The Kier molecular flexibility index (Phi) is 6.26. The normalized spacial score (nSPS) is 11.1. The lowest BCUT2D eigenvalue weighted by Crippen LogP contribution is -2.34. The Bertz CT molecular complexity index is 753. The van der Waals surface area contributed by atoms with Gasteiger partial charge in [-0.25, -0.2) is 13.9 Å². The number of carbonyl (C=O) groups is 2. The van der Waals surface area contributed by atoms with E-state index in [-0.39, 0.29) is 17.4 Å². The first-order valence-electron chi connectivity index (χ1n) is 8.18. The molecule has 26 heavy (non-hydrogen) atoms. The molecule has 2 rings (SSSR count). The molecule has 0 atom stereocenters. The summed E-state index contributed by atoms with van der Waals surface area (Å²) >= 11 is 0. The summed E-state index contributed by atoms with van der Waals surface area (Å²) in [7, 11) is 0. The molecule has 9 heteroatoms. The maximum atomic E-state index is 12.9. The van der Waals surface area contributed by atoms with Crippen molar-refractivity contribution < 1.29 is 18.7 Å². The highest BCUT2D eigenvalue weighted by molar-refractivity contribution is 5.91. The van der Waals surface area contributed by atoms with Crippen molar-refractivity contribution in [1.29, 1.82) is 0 Å². The molecule has 2 aromatic rings. The second kappa shape index (κ2) is 8.41. The zero-order chi connectivity index (χ0) is 19.2. The van der Waals surface area contributed by atoms with E-state index in [0.717, 1.165) is 0 Å². The summed E-state index contributed by atoms with van der Waals surface area (Å²) in [5, 5.41) is 12.9. The Morgan fingerprint density at radius 2 is 1.81 bits per heavy atom. The molecule has 0 unspecified atom stereocenters. The Morgan fingerprint density at radius 1 is 1.15 bits per heavy atom. The predicted molar refractivity (Wildman–Crippen MR) is 92.5 cm³/mol. The number of aromatic nitrogens is 3. The molecule has 8 nitrogen and oxygen atoms in total. The van der Waals surface area contributed by atoms with Crippen LogP contribution in [0.25, 0.3) is 5.69 Å². The van der Waals surface area contributed by atoms with Crippen LogP contribution in [0.4, 0.5) is 9.18 Å². The molecule has 0 fully saturated rings. The summed E-state index contributed by atoms with van der Waals surface area (Å²) in [6.07, 6.45) is 1.50. The highest BCUT2D eigenvalue weighted by atomic mass is 19.1. The van der Waals surface area contributed by atoms with Crippen LogP contribution < -0.4 is 10.6 Å². The lowest BCUT2D eigenvalue weighted by atomic mass is 10.2. The number of carbonyl (C=O) groups excluding carboxylic acids is 2. The van der Waals surface area contributed by atoms with Crippen LogP contribution in [0.15, 0.2) is 30.5 Å². The van der Waals surface area contributed by atoms with Gasteiger partial charge in [-0.1, -0.05) is 5.21 Å². The van der Waals surface area contributed by atoms with Crippen molar-refractivity contribution >= 4 is 12.0 Å². The Labute approximate surface area is 150 Å². The van der Waals surface area contributed by atoms with Crippen molar-refractivity contribution in [2.75, 3.05) is 13.1 Å². The van der Waals surface area contributed by atoms with E-state index in [1.54, 1.807) is 20.8 Å². The number of hydrogen-bond donors (Lipinski definition) is 2. The van der Waals surface area contributed by atoms with Crippen LogP contribution in [0.3, 0.4) is 0 Å². The average Bonchev–Trinajstić information content (AvgIpc) is 3.03. The maximum absolute atomic E-state index is 12.9. The van der Waals surface area contributed by atoms with Gasteiger partial charge in [-0.05, 0) is 51.5 Å². The second-order valence-electron chi connectivity index (χ2n) is 6.56. The van der Waals surface area contributed by atoms with Gasteiger partial charge in [-0.3, -0.25) is 4.79 Å². The van der Waals surface area contributed by atoms with E-state index in [9.17, 15) is 14.0 Å². The van der Waals surface area contributed by atoms with Crippen molar-refractivity contribution in [3.05, 3.63) is 42.0 Å². The third kappa shape index (κ3) is 6.15. The number of alkyl carbamates (subject to hydrolysis) is 1. The van der Waals surface area contributed by atoms with Crippen LogP contribution in [0, 0.1) is 5.82 Å². The summed E-state index contributed by atoms with van der Waals surface area (Å²) in [4.78, 5) is 23.5. The number of rotatable bonds is 6. The summed E-state index contributed by atoms with van der Waals surface area (Å²) in [6, 6.07) is 5.67.